The maximum atomic E-state index is 11.7. The molecule has 0 bridgehead atoms. The van der Waals surface area contributed by atoms with E-state index in [1.807, 2.05) is 24.3 Å². The van der Waals surface area contributed by atoms with Crippen LogP contribution in [0.3, 0.4) is 0 Å². The molecular formula is C15H14N2O. The second kappa shape index (κ2) is 4.26. The van der Waals surface area contributed by atoms with Crippen LogP contribution in [0.25, 0.3) is 0 Å². The van der Waals surface area contributed by atoms with Crippen molar-refractivity contribution in [2.75, 3.05) is 11.4 Å². The van der Waals surface area contributed by atoms with Gasteiger partial charge in [0.25, 0.3) is 0 Å². The number of nitrogens with zero attached hydrogens (tertiary/aromatic N) is 2. The Labute approximate surface area is 106 Å². The van der Waals surface area contributed by atoms with E-state index in [0.717, 1.165) is 18.8 Å². The van der Waals surface area contributed by atoms with Gasteiger partial charge in [0, 0.05) is 18.4 Å². The van der Waals surface area contributed by atoms with Crippen molar-refractivity contribution in [3.05, 3.63) is 53.7 Å². The summed E-state index contributed by atoms with van der Waals surface area (Å²) in [6.45, 7) is 2.47. The van der Waals surface area contributed by atoms with Crippen LogP contribution in [0.15, 0.2) is 42.6 Å². The minimum absolute atomic E-state index is 0.0579. The van der Waals surface area contributed by atoms with E-state index in [0.29, 0.717) is 5.56 Å². The van der Waals surface area contributed by atoms with Gasteiger partial charge < -0.3 is 4.90 Å². The first-order valence-corrected chi connectivity index (χ1v) is 6.09. The zero-order valence-corrected chi connectivity index (χ0v) is 10.3. The average Bonchev–Trinajstić information content (AvgIpc) is 2.82. The second-order valence-corrected chi connectivity index (χ2v) is 4.46. The van der Waals surface area contributed by atoms with Crippen LogP contribution in [0.1, 0.15) is 22.8 Å². The Morgan fingerprint density at radius 3 is 2.89 bits per heavy atom. The van der Waals surface area contributed by atoms with E-state index in [4.69, 9.17) is 0 Å². The first-order chi connectivity index (χ1) is 8.77. The maximum absolute atomic E-state index is 11.7. The Hall–Kier alpha value is -2.16. The molecule has 0 saturated carbocycles. The summed E-state index contributed by atoms with van der Waals surface area (Å²) in [5.74, 6) is 0.831. The highest BCUT2D eigenvalue weighted by Crippen LogP contribution is 2.34. The number of para-hydroxylation sites is 1. The lowest BCUT2D eigenvalue weighted by Crippen LogP contribution is -2.17. The maximum Gasteiger partial charge on any atom is 0.163 e. The zero-order chi connectivity index (χ0) is 12.5. The molecule has 1 aliphatic rings. The number of pyridine rings is 1. The number of carbonyl (C=O) groups is 1. The quantitative estimate of drug-likeness (QED) is 0.754. The van der Waals surface area contributed by atoms with E-state index in [9.17, 15) is 4.79 Å². The van der Waals surface area contributed by atoms with Crippen LogP contribution in [0.5, 0.6) is 0 Å². The molecule has 0 saturated heterocycles. The van der Waals surface area contributed by atoms with Gasteiger partial charge in [-0.2, -0.15) is 0 Å². The molecule has 0 spiro atoms. The second-order valence-electron chi connectivity index (χ2n) is 4.46. The fourth-order valence-electron chi connectivity index (χ4n) is 2.45. The summed E-state index contributed by atoms with van der Waals surface area (Å²) in [6, 6.07) is 11.9. The Morgan fingerprint density at radius 2 is 2.06 bits per heavy atom. The molecule has 0 N–H and O–H groups in total. The number of anilines is 2. The number of fused-ring (bicyclic) bond motifs is 1. The van der Waals surface area contributed by atoms with Gasteiger partial charge in [0.2, 0.25) is 0 Å². The van der Waals surface area contributed by atoms with Gasteiger partial charge in [-0.15, -0.1) is 0 Å². The number of ketones is 1. The molecule has 0 radical (unpaired) electrons. The van der Waals surface area contributed by atoms with Gasteiger partial charge in [0.05, 0.1) is 5.56 Å². The van der Waals surface area contributed by atoms with Crippen molar-refractivity contribution in [3.8, 4) is 0 Å². The smallest absolute Gasteiger partial charge is 0.163 e. The van der Waals surface area contributed by atoms with E-state index < -0.39 is 0 Å². The molecule has 2 aromatic rings. The molecule has 1 aromatic heterocycles. The summed E-state index contributed by atoms with van der Waals surface area (Å²) in [5.41, 5.74) is 3.17. The summed E-state index contributed by atoms with van der Waals surface area (Å²) < 4.78 is 0. The van der Waals surface area contributed by atoms with Gasteiger partial charge in [0.1, 0.15) is 5.82 Å². The largest absolute Gasteiger partial charge is 0.325 e. The lowest BCUT2D eigenvalue weighted by atomic mass is 10.1. The number of rotatable bonds is 2. The normalized spacial score (nSPS) is 13.5. The molecule has 0 aliphatic carbocycles. The summed E-state index contributed by atoms with van der Waals surface area (Å²) in [5, 5.41) is 0. The van der Waals surface area contributed by atoms with E-state index in [2.05, 4.69) is 22.0 Å². The standard InChI is InChI=1S/C15H14N2O/c1-11(18)13-6-4-9-16-15(13)17-10-8-12-5-2-3-7-14(12)17/h2-7,9H,8,10H2,1H3. The number of carbonyl (C=O) groups excluding carboxylic acids is 1. The number of hydrogen-bond donors (Lipinski definition) is 0. The van der Waals surface area contributed by atoms with Crippen LogP contribution < -0.4 is 4.90 Å². The molecule has 0 atom stereocenters. The first-order valence-electron chi connectivity index (χ1n) is 6.09. The minimum Gasteiger partial charge on any atom is -0.325 e. The molecule has 0 amide bonds. The Balaban J connectivity index is 2.10. The van der Waals surface area contributed by atoms with Gasteiger partial charge in [0.15, 0.2) is 5.78 Å². The van der Waals surface area contributed by atoms with Crippen LogP contribution >= 0.6 is 0 Å². The number of benzene rings is 1. The van der Waals surface area contributed by atoms with Gasteiger partial charge in [-0.3, -0.25) is 4.79 Å². The van der Waals surface area contributed by atoms with Crippen LogP contribution in [0.4, 0.5) is 11.5 Å². The monoisotopic (exact) mass is 238 g/mol. The molecule has 0 fully saturated rings. The molecule has 1 aromatic carbocycles. The summed E-state index contributed by atoms with van der Waals surface area (Å²) >= 11 is 0. The average molecular weight is 238 g/mol. The molecule has 0 unspecified atom stereocenters. The number of hydrogen-bond acceptors (Lipinski definition) is 3. The molecule has 18 heavy (non-hydrogen) atoms. The topological polar surface area (TPSA) is 33.2 Å². The van der Waals surface area contributed by atoms with Crippen molar-refractivity contribution in [2.45, 2.75) is 13.3 Å². The van der Waals surface area contributed by atoms with Crippen LogP contribution in [-0.2, 0) is 6.42 Å². The summed E-state index contributed by atoms with van der Waals surface area (Å²) in [7, 11) is 0. The molecule has 90 valence electrons. The molecular weight excluding hydrogens is 224 g/mol. The highest BCUT2D eigenvalue weighted by molar-refractivity contribution is 5.99. The Kier molecular flexibility index (Phi) is 2.59. The van der Waals surface area contributed by atoms with E-state index in [1.54, 1.807) is 13.1 Å². The highest BCUT2D eigenvalue weighted by atomic mass is 16.1. The van der Waals surface area contributed by atoms with E-state index in [1.165, 1.54) is 11.3 Å². The molecule has 3 heteroatoms. The van der Waals surface area contributed by atoms with Crippen molar-refractivity contribution >= 4 is 17.3 Å². The third-order valence-corrected chi connectivity index (χ3v) is 3.31. The third kappa shape index (κ3) is 1.68. The van der Waals surface area contributed by atoms with Gasteiger partial charge in [-0.25, -0.2) is 4.98 Å². The third-order valence-electron chi connectivity index (χ3n) is 3.31. The SMILES string of the molecule is CC(=O)c1cccnc1N1CCc2ccccc21. The van der Waals surface area contributed by atoms with Crippen LogP contribution in [0.2, 0.25) is 0 Å². The fourth-order valence-corrected chi connectivity index (χ4v) is 2.45. The molecule has 3 rings (SSSR count). The highest BCUT2D eigenvalue weighted by Gasteiger charge is 2.23. The summed E-state index contributed by atoms with van der Waals surface area (Å²) in [6.07, 6.45) is 2.74. The van der Waals surface area contributed by atoms with Crippen molar-refractivity contribution in [1.82, 2.24) is 4.98 Å². The Morgan fingerprint density at radius 1 is 1.22 bits per heavy atom. The summed E-state index contributed by atoms with van der Waals surface area (Å²) in [4.78, 5) is 18.2. The number of aromatic nitrogens is 1. The molecule has 3 nitrogen and oxygen atoms in total. The Bertz CT molecular complexity index is 607. The van der Waals surface area contributed by atoms with Crippen molar-refractivity contribution < 1.29 is 4.79 Å². The van der Waals surface area contributed by atoms with Crippen LogP contribution in [-0.4, -0.2) is 17.3 Å². The first kappa shape index (κ1) is 11.0. The van der Waals surface area contributed by atoms with E-state index in [-0.39, 0.29) is 5.78 Å². The number of Topliss-reactive ketones (excluding diaryl/α,β-unsaturated/α-hetero) is 1. The van der Waals surface area contributed by atoms with Crippen molar-refractivity contribution in [1.29, 1.82) is 0 Å². The predicted molar refractivity (Wildman–Crippen MR) is 71.4 cm³/mol. The van der Waals surface area contributed by atoms with Crippen molar-refractivity contribution in [2.24, 2.45) is 0 Å². The lowest BCUT2D eigenvalue weighted by Gasteiger charge is -2.20. The zero-order valence-electron chi connectivity index (χ0n) is 10.3. The van der Waals surface area contributed by atoms with Gasteiger partial charge in [-0.1, -0.05) is 18.2 Å². The van der Waals surface area contributed by atoms with Crippen molar-refractivity contribution in [3.63, 3.8) is 0 Å². The minimum atomic E-state index is 0.0579. The fraction of sp³-hybridized carbons (Fsp3) is 0.200. The molecule has 2 heterocycles. The lowest BCUT2D eigenvalue weighted by molar-refractivity contribution is 0.101. The van der Waals surface area contributed by atoms with Crippen LogP contribution in [0, 0.1) is 0 Å². The van der Waals surface area contributed by atoms with Gasteiger partial charge in [-0.05, 0) is 37.1 Å². The van der Waals surface area contributed by atoms with Gasteiger partial charge >= 0.3 is 0 Å². The molecule has 1 aliphatic heterocycles. The predicted octanol–water partition coefficient (Wildman–Crippen LogP) is 2.98. The van der Waals surface area contributed by atoms with E-state index >= 15 is 0 Å².